The largest absolute Gasteiger partial charge is 0.493 e. The van der Waals surface area contributed by atoms with Crippen LogP contribution < -0.4 is 10.1 Å². The van der Waals surface area contributed by atoms with Crippen LogP contribution in [-0.2, 0) is 4.74 Å². The highest BCUT2D eigenvalue weighted by atomic mass is 16.5. The number of ether oxygens (including phenoxy) is 2. The summed E-state index contributed by atoms with van der Waals surface area (Å²) in [7, 11) is 0. The van der Waals surface area contributed by atoms with Crippen molar-refractivity contribution in [1.82, 2.24) is 5.32 Å². The predicted octanol–water partition coefficient (Wildman–Crippen LogP) is 4.01. The van der Waals surface area contributed by atoms with E-state index in [9.17, 15) is 0 Å². The number of benzene rings is 1. The first-order valence-electron chi connectivity index (χ1n) is 8.36. The molecule has 0 saturated carbocycles. The van der Waals surface area contributed by atoms with Crippen LogP contribution in [0.4, 0.5) is 0 Å². The summed E-state index contributed by atoms with van der Waals surface area (Å²) in [6, 6.07) is 6.87. The normalized spacial score (nSPS) is 17.9. The van der Waals surface area contributed by atoms with E-state index >= 15 is 0 Å². The highest BCUT2D eigenvalue weighted by Gasteiger charge is 2.20. The molecule has 0 amide bonds. The summed E-state index contributed by atoms with van der Waals surface area (Å²) in [6.45, 7) is 7.91. The molecular formula is C18H29NO2. The lowest BCUT2D eigenvalue weighted by atomic mass is 10.00. The van der Waals surface area contributed by atoms with Crippen molar-refractivity contribution in [1.29, 1.82) is 0 Å². The fourth-order valence-electron chi connectivity index (χ4n) is 2.77. The van der Waals surface area contributed by atoms with Crippen molar-refractivity contribution in [3.8, 4) is 5.75 Å². The molecule has 1 aliphatic rings. The van der Waals surface area contributed by atoms with Crippen LogP contribution in [0.2, 0.25) is 0 Å². The second-order valence-corrected chi connectivity index (χ2v) is 5.81. The van der Waals surface area contributed by atoms with Gasteiger partial charge < -0.3 is 14.8 Å². The number of para-hydroxylation sites is 1. The highest BCUT2D eigenvalue weighted by molar-refractivity contribution is 5.43. The molecule has 0 aliphatic carbocycles. The summed E-state index contributed by atoms with van der Waals surface area (Å²) in [5, 5.41) is 3.68. The van der Waals surface area contributed by atoms with Gasteiger partial charge in [0.05, 0.1) is 6.61 Å². The Morgan fingerprint density at radius 2 is 2.14 bits per heavy atom. The van der Waals surface area contributed by atoms with Crippen LogP contribution in [0, 0.1) is 6.92 Å². The highest BCUT2D eigenvalue weighted by Crippen LogP contribution is 2.33. The van der Waals surface area contributed by atoms with Crippen LogP contribution in [-0.4, -0.2) is 26.4 Å². The van der Waals surface area contributed by atoms with Crippen molar-refractivity contribution >= 4 is 0 Å². The lowest BCUT2D eigenvalue weighted by Crippen LogP contribution is -2.23. The number of aryl methyl sites for hydroxylation is 1. The Bertz CT molecular complexity index is 420. The van der Waals surface area contributed by atoms with Gasteiger partial charge in [-0.3, -0.25) is 0 Å². The Morgan fingerprint density at radius 1 is 1.29 bits per heavy atom. The van der Waals surface area contributed by atoms with Gasteiger partial charge in [-0.05, 0) is 44.7 Å². The van der Waals surface area contributed by atoms with Crippen LogP contribution in [0.3, 0.4) is 0 Å². The SMILES string of the molecule is CCCCOCCCNC1CCCOc2c(C)cccc21. The van der Waals surface area contributed by atoms with Gasteiger partial charge in [0.15, 0.2) is 0 Å². The van der Waals surface area contributed by atoms with Gasteiger partial charge in [-0.15, -0.1) is 0 Å². The summed E-state index contributed by atoms with van der Waals surface area (Å²) in [4.78, 5) is 0. The number of nitrogens with one attached hydrogen (secondary N) is 1. The molecule has 1 N–H and O–H groups in total. The Morgan fingerprint density at radius 3 is 3.00 bits per heavy atom. The minimum atomic E-state index is 0.415. The molecule has 1 aromatic carbocycles. The predicted molar refractivity (Wildman–Crippen MR) is 87.0 cm³/mol. The van der Waals surface area contributed by atoms with Gasteiger partial charge in [0, 0.05) is 24.8 Å². The van der Waals surface area contributed by atoms with Gasteiger partial charge in [0.2, 0.25) is 0 Å². The molecule has 3 nitrogen and oxygen atoms in total. The third-order valence-corrected chi connectivity index (χ3v) is 4.00. The van der Waals surface area contributed by atoms with E-state index in [1.54, 1.807) is 0 Å². The van der Waals surface area contributed by atoms with Crippen molar-refractivity contribution in [3.05, 3.63) is 29.3 Å². The van der Waals surface area contributed by atoms with Crippen molar-refractivity contribution in [2.45, 2.75) is 52.0 Å². The molecule has 3 heteroatoms. The molecule has 0 fully saturated rings. The average molecular weight is 291 g/mol. The number of fused-ring (bicyclic) bond motifs is 1. The molecule has 1 atom stereocenters. The Hall–Kier alpha value is -1.06. The Labute approximate surface area is 129 Å². The average Bonchev–Trinajstić information content (AvgIpc) is 2.70. The second kappa shape index (κ2) is 9.06. The summed E-state index contributed by atoms with van der Waals surface area (Å²) in [5.41, 5.74) is 2.56. The Kier molecular flexibility index (Phi) is 7.04. The molecule has 118 valence electrons. The molecule has 1 aromatic rings. The van der Waals surface area contributed by atoms with E-state index in [2.05, 4.69) is 37.4 Å². The van der Waals surface area contributed by atoms with Crippen molar-refractivity contribution in [2.75, 3.05) is 26.4 Å². The molecular weight excluding hydrogens is 262 g/mol. The number of hydrogen-bond acceptors (Lipinski definition) is 3. The van der Waals surface area contributed by atoms with Crippen molar-refractivity contribution in [2.24, 2.45) is 0 Å². The first kappa shape index (κ1) is 16.3. The summed E-state index contributed by atoms with van der Waals surface area (Å²) in [5.74, 6) is 1.09. The van der Waals surface area contributed by atoms with Crippen LogP contribution >= 0.6 is 0 Å². The zero-order valence-corrected chi connectivity index (χ0v) is 13.5. The molecule has 21 heavy (non-hydrogen) atoms. The minimum Gasteiger partial charge on any atom is -0.493 e. The molecule has 0 radical (unpaired) electrons. The first-order chi connectivity index (χ1) is 10.3. The summed E-state index contributed by atoms with van der Waals surface area (Å²) < 4.78 is 11.5. The van der Waals surface area contributed by atoms with Gasteiger partial charge >= 0.3 is 0 Å². The lowest BCUT2D eigenvalue weighted by Gasteiger charge is -2.19. The van der Waals surface area contributed by atoms with Gasteiger partial charge in [-0.2, -0.15) is 0 Å². The number of rotatable bonds is 8. The smallest absolute Gasteiger partial charge is 0.126 e. The standard InChI is InChI=1S/C18H29NO2/c1-3-4-12-20-13-7-11-19-17-10-6-14-21-18-15(2)8-5-9-16(17)18/h5,8-9,17,19H,3-4,6-7,10-14H2,1-2H3. The van der Waals surface area contributed by atoms with Crippen LogP contribution in [0.1, 0.15) is 56.2 Å². The quantitative estimate of drug-likeness (QED) is 0.734. The fraction of sp³-hybridized carbons (Fsp3) is 0.667. The maximum absolute atomic E-state index is 5.92. The number of unbranched alkanes of at least 4 members (excludes halogenated alkanes) is 1. The molecule has 0 bridgehead atoms. The molecule has 0 saturated heterocycles. The first-order valence-corrected chi connectivity index (χ1v) is 8.36. The van der Waals surface area contributed by atoms with E-state index in [1.165, 1.54) is 24.0 Å². The summed E-state index contributed by atoms with van der Waals surface area (Å²) >= 11 is 0. The summed E-state index contributed by atoms with van der Waals surface area (Å²) in [6.07, 6.45) is 5.70. The molecule has 1 heterocycles. The molecule has 0 spiro atoms. The molecule has 1 aliphatic heterocycles. The van der Waals surface area contributed by atoms with E-state index in [-0.39, 0.29) is 0 Å². The molecule has 1 unspecified atom stereocenters. The third-order valence-electron chi connectivity index (χ3n) is 4.00. The van der Waals surface area contributed by atoms with Gasteiger partial charge in [-0.25, -0.2) is 0 Å². The van der Waals surface area contributed by atoms with Crippen molar-refractivity contribution in [3.63, 3.8) is 0 Å². The minimum absolute atomic E-state index is 0.415. The second-order valence-electron chi connectivity index (χ2n) is 5.81. The number of hydrogen-bond donors (Lipinski definition) is 1. The molecule has 0 aromatic heterocycles. The maximum Gasteiger partial charge on any atom is 0.126 e. The van der Waals surface area contributed by atoms with Gasteiger partial charge in [-0.1, -0.05) is 31.5 Å². The van der Waals surface area contributed by atoms with Crippen LogP contribution in [0.25, 0.3) is 0 Å². The third kappa shape index (κ3) is 5.01. The van der Waals surface area contributed by atoms with E-state index in [0.717, 1.165) is 51.4 Å². The monoisotopic (exact) mass is 291 g/mol. The van der Waals surface area contributed by atoms with Gasteiger partial charge in [0.1, 0.15) is 5.75 Å². The van der Waals surface area contributed by atoms with Crippen LogP contribution in [0.5, 0.6) is 5.75 Å². The van der Waals surface area contributed by atoms with Crippen LogP contribution in [0.15, 0.2) is 18.2 Å². The van der Waals surface area contributed by atoms with Gasteiger partial charge in [0.25, 0.3) is 0 Å². The fourth-order valence-corrected chi connectivity index (χ4v) is 2.77. The van der Waals surface area contributed by atoms with Crippen molar-refractivity contribution < 1.29 is 9.47 Å². The van der Waals surface area contributed by atoms with E-state index < -0.39 is 0 Å². The zero-order chi connectivity index (χ0) is 14.9. The topological polar surface area (TPSA) is 30.5 Å². The lowest BCUT2D eigenvalue weighted by molar-refractivity contribution is 0.128. The van der Waals surface area contributed by atoms with E-state index in [4.69, 9.17) is 9.47 Å². The maximum atomic E-state index is 5.92. The molecule has 2 rings (SSSR count). The van der Waals surface area contributed by atoms with E-state index in [0.29, 0.717) is 6.04 Å². The zero-order valence-electron chi connectivity index (χ0n) is 13.5. The Balaban J connectivity index is 1.80. The van der Waals surface area contributed by atoms with E-state index in [1.807, 2.05) is 0 Å².